The molecule has 118 valence electrons. The Kier molecular flexibility index (Phi) is 5.69. The number of likely N-dealkylation sites (tertiary alicyclic amines) is 1. The summed E-state index contributed by atoms with van der Waals surface area (Å²) in [7, 11) is 0. The van der Waals surface area contributed by atoms with Crippen LogP contribution in [0.3, 0.4) is 0 Å². The molecule has 0 bridgehead atoms. The molecule has 0 radical (unpaired) electrons. The van der Waals surface area contributed by atoms with E-state index in [1.807, 2.05) is 25.1 Å². The lowest BCUT2D eigenvalue weighted by molar-refractivity contribution is -0.132. The zero-order valence-electron chi connectivity index (χ0n) is 13.0. The number of carbonyl (C=O) groups excluding carboxylic acids is 2. The number of rotatable bonds is 5. The molecular formula is C17H23N3O2. The predicted molar refractivity (Wildman–Crippen MR) is 85.0 cm³/mol. The van der Waals surface area contributed by atoms with Crippen LogP contribution in [0.5, 0.6) is 0 Å². The lowest BCUT2D eigenvalue weighted by atomic mass is 9.95. The van der Waals surface area contributed by atoms with Gasteiger partial charge in [0.15, 0.2) is 0 Å². The lowest BCUT2D eigenvalue weighted by Crippen LogP contribution is -2.44. The van der Waals surface area contributed by atoms with Crippen LogP contribution in [0, 0.1) is 5.92 Å². The van der Waals surface area contributed by atoms with E-state index >= 15 is 0 Å². The maximum atomic E-state index is 12.3. The Labute approximate surface area is 131 Å². The van der Waals surface area contributed by atoms with E-state index in [0.29, 0.717) is 25.9 Å². The monoisotopic (exact) mass is 301 g/mol. The molecule has 0 aromatic carbocycles. The van der Waals surface area contributed by atoms with Gasteiger partial charge in [0.2, 0.25) is 11.8 Å². The van der Waals surface area contributed by atoms with E-state index in [0.717, 1.165) is 12.1 Å². The van der Waals surface area contributed by atoms with Crippen LogP contribution in [-0.4, -0.2) is 40.8 Å². The Hall–Kier alpha value is -2.17. The highest BCUT2D eigenvalue weighted by molar-refractivity contribution is 5.87. The van der Waals surface area contributed by atoms with Crippen LogP contribution < -0.4 is 5.32 Å². The van der Waals surface area contributed by atoms with Crippen molar-refractivity contribution in [2.45, 2.75) is 32.2 Å². The molecule has 0 spiro atoms. The molecule has 22 heavy (non-hydrogen) atoms. The summed E-state index contributed by atoms with van der Waals surface area (Å²) in [5.41, 5.74) is 0.974. The quantitative estimate of drug-likeness (QED) is 0.839. The first-order valence-corrected chi connectivity index (χ1v) is 7.71. The van der Waals surface area contributed by atoms with Crippen molar-refractivity contribution in [3.8, 4) is 0 Å². The Morgan fingerprint density at radius 2 is 2.18 bits per heavy atom. The summed E-state index contributed by atoms with van der Waals surface area (Å²) in [6.45, 7) is 6.73. The van der Waals surface area contributed by atoms with Gasteiger partial charge in [-0.25, -0.2) is 0 Å². The second-order valence-electron chi connectivity index (χ2n) is 5.74. The molecule has 1 aromatic heterocycles. The van der Waals surface area contributed by atoms with Crippen molar-refractivity contribution in [3.63, 3.8) is 0 Å². The van der Waals surface area contributed by atoms with Crippen molar-refractivity contribution < 1.29 is 9.59 Å². The Morgan fingerprint density at radius 1 is 1.45 bits per heavy atom. The van der Waals surface area contributed by atoms with Gasteiger partial charge in [0, 0.05) is 43.4 Å². The van der Waals surface area contributed by atoms with E-state index in [2.05, 4.69) is 16.9 Å². The number of piperidine rings is 1. The third-order valence-corrected chi connectivity index (χ3v) is 3.98. The molecule has 5 heteroatoms. The molecule has 1 saturated heterocycles. The maximum absolute atomic E-state index is 12.3. The van der Waals surface area contributed by atoms with Gasteiger partial charge < -0.3 is 10.2 Å². The number of hydrogen-bond donors (Lipinski definition) is 1. The summed E-state index contributed by atoms with van der Waals surface area (Å²) in [5, 5.41) is 3.05. The van der Waals surface area contributed by atoms with Gasteiger partial charge in [-0.05, 0) is 38.0 Å². The van der Waals surface area contributed by atoms with Crippen molar-refractivity contribution in [2.75, 3.05) is 13.1 Å². The summed E-state index contributed by atoms with van der Waals surface area (Å²) in [4.78, 5) is 29.8. The van der Waals surface area contributed by atoms with Crippen LogP contribution in [-0.2, 0) is 16.0 Å². The molecule has 1 atom stereocenters. The van der Waals surface area contributed by atoms with Gasteiger partial charge in [-0.3, -0.25) is 14.6 Å². The number of hydrogen-bond acceptors (Lipinski definition) is 3. The second-order valence-corrected chi connectivity index (χ2v) is 5.74. The molecule has 2 heterocycles. The highest BCUT2D eigenvalue weighted by atomic mass is 16.2. The van der Waals surface area contributed by atoms with Crippen molar-refractivity contribution in [1.29, 1.82) is 0 Å². The van der Waals surface area contributed by atoms with Crippen molar-refractivity contribution >= 4 is 11.8 Å². The van der Waals surface area contributed by atoms with E-state index in [9.17, 15) is 9.59 Å². The van der Waals surface area contributed by atoms with Crippen molar-refractivity contribution in [1.82, 2.24) is 15.2 Å². The van der Waals surface area contributed by atoms with Crippen LogP contribution in [0.15, 0.2) is 37.1 Å². The van der Waals surface area contributed by atoms with Crippen LogP contribution in [0.25, 0.3) is 0 Å². The van der Waals surface area contributed by atoms with Crippen LogP contribution in [0.4, 0.5) is 0 Å². The SMILES string of the molecule is C=CC(=O)N1CCC(C(=O)NC(C)Cc2ccccn2)CC1. The molecule has 2 rings (SSSR count). The predicted octanol–water partition coefficient (Wildman–Crippen LogP) is 1.55. The number of nitrogens with one attached hydrogen (secondary N) is 1. The molecule has 1 N–H and O–H groups in total. The van der Waals surface area contributed by atoms with E-state index < -0.39 is 0 Å². The summed E-state index contributed by atoms with van der Waals surface area (Å²) in [6, 6.07) is 5.84. The van der Waals surface area contributed by atoms with Crippen molar-refractivity contribution in [3.05, 3.63) is 42.7 Å². The summed E-state index contributed by atoms with van der Waals surface area (Å²) < 4.78 is 0. The number of aromatic nitrogens is 1. The van der Waals surface area contributed by atoms with Gasteiger partial charge in [-0.1, -0.05) is 12.6 Å². The molecular weight excluding hydrogens is 278 g/mol. The van der Waals surface area contributed by atoms with Gasteiger partial charge in [0.25, 0.3) is 0 Å². The number of pyridine rings is 1. The van der Waals surface area contributed by atoms with Crippen LogP contribution in [0.1, 0.15) is 25.5 Å². The molecule has 0 aliphatic carbocycles. The van der Waals surface area contributed by atoms with Crippen molar-refractivity contribution in [2.24, 2.45) is 5.92 Å². The van der Waals surface area contributed by atoms with Crippen LogP contribution in [0.2, 0.25) is 0 Å². The first-order chi connectivity index (χ1) is 10.6. The second kappa shape index (κ2) is 7.73. The summed E-state index contributed by atoms with van der Waals surface area (Å²) in [6.07, 6.45) is 5.23. The highest BCUT2D eigenvalue weighted by Crippen LogP contribution is 2.18. The Balaban J connectivity index is 1.78. The molecule has 5 nitrogen and oxygen atoms in total. The zero-order chi connectivity index (χ0) is 15.9. The van der Waals surface area contributed by atoms with Gasteiger partial charge in [-0.2, -0.15) is 0 Å². The smallest absolute Gasteiger partial charge is 0.245 e. The highest BCUT2D eigenvalue weighted by Gasteiger charge is 2.27. The normalized spacial score (nSPS) is 16.9. The topological polar surface area (TPSA) is 62.3 Å². The average molecular weight is 301 g/mol. The average Bonchev–Trinajstić information content (AvgIpc) is 2.55. The van der Waals surface area contributed by atoms with Gasteiger partial charge >= 0.3 is 0 Å². The lowest BCUT2D eigenvalue weighted by Gasteiger charge is -2.31. The van der Waals surface area contributed by atoms with Gasteiger partial charge in [-0.15, -0.1) is 0 Å². The molecule has 1 aromatic rings. The fourth-order valence-electron chi connectivity index (χ4n) is 2.74. The standard InChI is InChI=1S/C17H23N3O2/c1-3-16(21)20-10-7-14(8-11-20)17(22)19-13(2)12-15-6-4-5-9-18-15/h3-6,9,13-14H,1,7-8,10-12H2,2H3,(H,19,22). The fourth-order valence-corrected chi connectivity index (χ4v) is 2.74. The molecule has 1 aliphatic heterocycles. The van der Waals surface area contributed by atoms with E-state index in [4.69, 9.17) is 0 Å². The summed E-state index contributed by atoms with van der Waals surface area (Å²) in [5.74, 6) is 0.0107. The van der Waals surface area contributed by atoms with E-state index in [1.165, 1.54) is 6.08 Å². The van der Waals surface area contributed by atoms with E-state index in [1.54, 1.807) is 11.1 Å². The third kappa shape index (κ3) is 4.41. The molecule has 0 saturated carbocycles. The van der Waals surface area contributed by atoms with Crippen LogP contribution >= 0.6 is 0 Å². The Morgan fingerprint density at radius 3 is 2.77 bits per heavy atom. The largest absolute Gasteiger partial charge is 0.353 e. The minimum atomic E-state index is -0.0534. The first-order valence-electron chi connectivity index (χ1n) is 7.71. The number of nitrogens with zero attached hydrogens (tertiary/aromatic N) is 2. The van der Waals surface area contributed by atoms with Gasteiger partial charge in [0.05, 0.1) is 0 Å². The number of amides is 2. The molecule has 2 amide bonds. The minimum Gasteiger partial charge on any atom is -0.353 e. The molecule has 1 fully saturated rings. The maximum Gasteiger partial charge on any atom is 0.245 e. The fraction of sp³-hybridized carbons (Fsp3) is 0.471. The minimum absolute atomic E-state index is 0.0138. The zero-order valence-corrected chi connectivity index (χ0v) is 13.0. The number of carbonyl (C=O) groups is 2. The third-order valence-electron chi connectivity index (χ3n) is 3.98. The van der Waals surface area contributed by atoms with Gasteiger partial charge in [0.1, 0.15) is 0 Å². The molecule has 1 unspecified atom stereocenters. The Bertz CT molecular complexity index is 522. The van der Waals surface area contributed by atoms with E-state index in [-0.39, 0.29) is 23.8 Å². The summed E-state index contributed by atoms with van der Waals surface area (Å²) >= 11 is 0. The first kappa shape index (κ1) is 16.2. The molecule has 1 aliphatic rings.